The quantitative estimate of drug-likeness (QED) is 0.786. The summed E-state index contributed by atoms with van der Waals surface area (Å²) in [6.07, 6.45) is 6.18. The second-order valence-electron chi connectivity index (χ2n) is 6.27. The van der Waals surface area contributed by atoms with Crippen LogP contribution in [0.1, 0.15) is 49.5 Å². The Balaban J connectivity index is 2.06. The Bertz CT molecular complexity index is 880. The summed E-state index contributed by atoms with van der Waals surface area (Å²) in [5.74, 6) is 2.61. The van der Waals surface area contributed by atoms with Gasteiger partial charge in [0.2, 0.25) is 5.88 Å². The Labute approximate surface area is 134 Å². The number of methoxy groups -OCH3 is 1. The fourth-order valence-corrected chi connectivity index (χ4v) is 3.67. The molecule has 0 radical (unpaired) electrons. The molecule has 3 aromatic rings. The molecule has 23 heavy (non-hydrogen) atoms. The van der Waals surface area contributed by atoms with Crippen molar-refractivity contribution in [2.75, 3.05) is 12.8 Å². The molecular weight excluding hydrogens is 290 g/mol. The highest BCUT2D eigenvalue weighted by Crippen LogP contribution is 2.35. The van der Waals surface area contributed by atoms with Crippen LogP contribution in [0.15, 0.2) is 12.1 Å². The van der Waals surface area contributed by atoms with Crippen molar-refractivity contribution in [3.63, 3.8) is 0 Å². The van der Waals surface area contributed by atoms with Crippen LogP contribution in [0.2, 0.25) is 0 Å². The highest BCUT2D eigenvalue weighted by molar-refractivity contribution is 5.83. The van der Waals surface area contributed by atoms with Gasteiger partial charge in [0.1, 0.15) is 16.9 Å². The zero-order valence-electron chi connectivity index (χ0n) is 13.5. The van der Waals surface area contributed by atoms with Crippen LogP contribution in [-0.4, -0.2) is 26.5 Å². The third-order valence-electron chi connectivity index (χ3n) is 4.78. The summed E-state index contributed by atoms with van der Waals surface area (Å²) in [4.78, 5) is 14.0. The monoisotopic (exact) mass is 311 g/mol. The first kappa shape index (κ1) is 14.2. The Morgan fingerprint density at radius 1 is 1.13 bits per heavy atom. The van der Waals surface area contributed by atoms with Crippen molar-refractivity contribution in [1.82, 2.24) is 19.4 Å². The molecule has 4 rings (SSSR count). The minimum absolute atomic E-state index is 0.461. The third-order valence-corrected chi connectivity index (χ3v) is 4.78. The summed E-state index contributed by atoms with van der Waals surface area (Å²) >= 11 is 0. The van der Waals surface area contributed by atoms with Crippen molar-refractivity contribution in [3.05, 3.63) is 23.7 Å². The lowest BCUT2D eigenvalue weighted by Crippen LogP contribution is -2.10. The minimum atomic E-state index is 0.461. The lowest BCUT2D eigenvalue weighted by atomic mass is 9.89. The molecule has 6 heteroatoms. The Morgan fingerprint density at radius 3 is 2.65 bits per heavy atom. The number of hydrogen-bond acceptors (Lipinski definition) is 5. The molecule has 3 heterocycles. The molecule has 0 spiro atoms. The van der Waals surface area contributed by atoms with E-state index in [1.807, 2.05) is 19.1 Å². The third kappa shape index (κ3) is 2.20. The molecule has 1 aliphatic rings. The molecule has 0 bridgehead atoms. The van der Waals surface area contributed by atoms with Gasteiger partial charge in [0.05, 0.1) is 12.8 Å². The average molecular weight is 311 g/mol. The van der Waals surface area contributed by atoms with E-state index in [0.29, 0.717) is 17.6 Å². The van der Waals surface area contributed by atoms with Gasteiger partial charge in [-0.2, -0.15) is 4.98 Å². The standard InChI is InChI=1S/C17H21N5O/c1-10-14-15(18)20-12-8-9-13(23-2)21-17(12)22(14)16(19-10)11-6-4-3-5-7-11/h8-9,11H,3-7H2,1-2H3,(H2,18,20). The maximum atomic E-state index is 6.21. The molecule has 0 unspecified atom stereocenters. The highest BCUT2D eigenvalue weighted by atomic mass is 16.5. The second kappa shape index (κ2) is 5.37. The molecule has 120 valence electrons. The number of anilines is 1. The van der Waals surface area contributed by atoms with Crippen LogP contribution >= 0.6 is 0 Å². The second-order valence-corrected chi connectivity index (χ2v) is 6.27. The highest BCUT2D eigenvalue weighted by Gasteiger charge is 2.24. The lowest BCUT2D eigenvalue weighted by molar-refractivity contribution is 0.399. The fraction of sp³-hybridized carbons (Fsp3) is 0.471. The van der Waals surface area contributed by atoms with Crippen LogP contribution in [0, 0.1) is 6.92 Å². The van der Waals surface area contributed by atoms with Gasteiger partial charge >= 0.3 is 0 Å². The van der Waals surface area contributed by atoms with E-state index in [-0.39, 0.29) is 0 Å². The number of hydrogen-bond donors (Lipinski definition) is 1. The number of rotatable bonds is 2. The number of aromatic nitrogens is 4. The van der Waals surface area contributed by atoms with Crippen LogP contribution < -0.4 is 10.5 Å². The van der Waals surface area contributed by atoms with Gasteiger partial charge in [0, 0.05) is 12.0 Å². The van der Waals surface area contributed by atoms with Crippen molar-refractivity contribution < 1.29 is 4.74 Å². The molecule has 0 saturated heterocycles. The van der Waals surface area contributed by atoms with Crippen molar-refractivity contribution in [2.45, 2.75) is 44.9 Å². The van der Waals surface area contributed by atoms with Gasteiger partial charge < -0.3 is 10.5 Å². The van der Waals surface area contributed by atoms with E-state index in [1.54, 1.807) is 7.11 Å². The van der Waals surface area contributed by atoms with Gasteiger partial charge in [-0.1, -0.05) is 19.3 Å². The summed E-state index contributed by atoms with van der Waals surface area (Å²) in [5, 5.41) is 0. The van der Waals surface area contributed by atoms with Gasteiger partial charge in [-0.25, -0.2) is 9.97 Å². The van der Waals surface area contributed by atoms with Gasteiger partial charge in [0.25, 0.3) is 0 Å². The number of nitrogens with two attached hydrogens (primary N) is 1. The summed E-state index contributed by atoms with van der Waals surface area (Å²) in [6.45, 7) is 1.99. The zero-order valence-corrected chi connectivity index (χ0v) is 13.5. The molecule has 3 aromatic heterocycles. The summed E-state index contributed by atoms with van der Waals surface area (Å²) in [6, 6.07) is 3.71. The van der Waals surface area contributed by atoms with E-state index in [2.05, 4.69) is 14.4 Å². The van der Waals surface area contributed by atoms with Gasteiger partial charge in [0.15, 0.2) is 11.5 Å². The first-order valence-electron chi connectivity index (χ1n) is 8.18. The number of ether oxygens (including phenoxy) is 1. The van der Waals surface area contributed by atoms with E-state index in [9.17, 15) is 0 Å². The Kier molecular flexibility index (Phi) is 3.32. The van der Waals surface area contributed by atoms with E-state index in [4.69, 9.17) is 15.5 Å². The molecule has 1 saturated carbocycles. The predicted molar refractivity (Wildman–Crippen MR) is 89.8 cm³/mol. The summed E-state index contributed by atoms with van der Waals surface area (Å²) < 4.78 is 7.39. The average Bonchev–Trinajstić information content (AvgIpc) is 2.94. The van der Waals surface area contributed by atoms with Gasteiger partial charge in [-0.05, 0) is 25.8 Å². The number of aryl methyl sites for hydroxylation is 1. The van der Waals surface area contributed by atoms with Crippen LogP contribution in [-0.2, 0) is 0 Å². The van der Waals surface area contributed by atoms with Crippen LogP contribution in [0.5, 0.6) is 5.88 Å². The van der Waals surface area contributed by atoms with Crippen LogP contribution in [0.25, 0.3) is 16.7 Å². The van der Waals surface area contributed by atoms with E-state index >= 15 is 0 Å². The molecular formula is C17H21N5O. The maximum absolute atomic E-state index is 6.21. The molecule has 0 aromatic carbocycles. The predicted octanol–water partition coefficient (Wildman–Crippen LogP) is 3.22. The topological polar surface area (TPSA) is 78.3 Å². The van der Waals surface area contributed by atoms with Crippen molar-refractivity contribution in [3.8, 4) is 5.88 Å². The lowest BCUT2D eigenvalue weighted by Gasteiger charge is -2.21. The maximum Gasteiger partial charge on any atom is 0.215 e. The van der Waals surface area contributed by atoms with Crippen molar-refractivity contribution in [2.24, 2.45) is 0 Å². The molecule has 0 atom stereocenters. The number of pyridine rings is 1. The number of nitrogens with zero attached hydrogens (tertiary/aromatic N) is 4. The molecule has 1 aliphatic carbocycles. The first-order chi connectivity index (χ1) is 11.2. The van der Waals surface area contributed by atoms with E-state index in [0.717, 1.165) is 28.2 Å². The number of nitrogen functional groups attached to an aromatic ring is 1. The van der Waals surface area contributed by atoms with Gasteiger partial charge in [-0.3, -0.25) is 4.40 Å². The molecule has 0 amide bonds. The Hall–Kier alpha value is -2.37. The SMILES string of the molecule is COc1ccc2nc(N)c3c(C)nc(C4CCCCC4)n3c2n1. The minimum Gasteiger partial charge on any atom is -0.481 e. The van der Waals surface area contributed by atoms with Crippen LogP contribution in [0.4, 0.5) is 5.82 Å². The smallest absolute Gasteiger partial charge is 0.215 e. The Morgan fingerprint density at radius 2 is 1.91 bits per heavy atom. The fourth-order valence-electron chi connectivity index (χ4n) is 3.67. The van der Waals surface area contributed by atoms with Crippen molar-refractivity contribution in [1.29, 1.82) is 0 Å². The largest absolute Gasteiger partial charge is 0.481 e. The van der Waals surface area contributed by atoms with Crippen LogP contribution in [0.3, 0.4) is 0 Å². The summed E-state index contributed by atoms with van der Waals surface area (Å²) in [5.41, 5.74) is 9.54. The van der Waals surface area contributed by atoms with Crippen molar-refractivity contribution >= 4 is 22.5 Å². The van der Waals surface area contributed by atoms with Gasteiger partial charge in [-0.15, -0.1) is 0 Å². The normalized spacial score (nSPS) is 16.3. The molecule has 2 N–H and O–H groups in total. The zero-order chi connectivity index (χ0) is 16.0. The molecule has 6 nitrogen and oxygen atoms in total. The van der Waals surface area contributed by atoms with E-state index < -0.39 is 0 Å². The number of fused-ring (bicyclic) bond motifs is 3. The van der Waals surface area contributed by atoms with E-state index in [1.165, 1.54) is 32.1 Å². The summed E-state index contributed by atoms with van der Waals surface area (Å²) in [7, 11) is 1.62. The number of imidazole rings is 1. The molecule has 0 aliphatic heterocycles. The first-order valence-corrected chi connectivity index (χ1v) is 8.18. The molecule has 1 fully saturated rings.